The molecule has 1 aromatic rings. The van der Waals surface area contributed by atoms with Gasteiger partial charge in [-0.05, 0) is 67.8 Å². The Labute approximate surface area is 261 Å². The summed E-state index contributed by atoms with van der Waals surface area (Å²) in [7, 11) is 8.63. The van der Waals surface area contributed by atoms with Crippen LogP contribution in [0.1, 0.15) is 44.6 Å². The van der Waals surface area contributed by atoms with Gasteiger partial charge < -0.3 is 33.5 Å². The molecule has 1 aromatic carbocycles. The Morgan fingerprint density at radius 3 is 2.55 bits per heavy atom. The lowest BCUT2D eigenvalue weighted by atomic mass is 9.43. The van der Waals surface area contributed by atoms with Crippen LogP contribution in [0.5, 0.6) is 11.5 Å². The van der Waals surface area contributed by atoms with Crippen LogP contribution in [0, 0.1) is 40.4 Å². The number of carbonyl (C=O) groups is 1. The fraction of sp³-hybridized carbons (Fsp3) is 0.743. The van der Waals surface area contributed by atoms with Gasteiger partial charge in [-0.2, -0.15) is 0 Å². The number of nitrogens with zero attached hydrogens (tertiary/aromatic N) is 1. The van der Waals surface area contributed by atoms with Gasteiger partial charge in [-0.3, -0.25) is 4.90 Å². The van der Waals surface area contributed by atoms with Crippen LogP contribution < -0.4 is 9.47 Å². The average molecular weight is 612 g/mol. The van der Waals surface area contributed by atoms with Crippen molar-refractivity contribution in [1.29, 1.82) is 0 Å². The predicted molar refractivity (Wildman–Crippen MR) is 163 cm³/mol. The van der Waals surface area contributed by atoms with Gasteiger partial charge in [0.1, 0.15) is 6.10 Å². The molecule has 1 heterocycles. The summed E-state index contributed by atoms with van der Waals surface area (Å²) in [6.07, 6.45) is 7.20. The Balaban J connectivity index is 1.26. The molecule has 6 fully saturated rings. The predicted octanol–water partition coefficient (Wildman–Crippen LogP) is 3.81. The summed E-state index contributed by atoms with van der Waals surface area (Å²) < 4.78 is 35.7. The number of fused-ring (bicyclic) bond motifs is 2. The molecule has 9 heteroatoms. The third-order valence-electron chi connectivity index (χ3n) is 13.2. The fourth-order valence-electron chi connectivity index (χ4n) is 12.1. The monoisotopic (exact) mass is 611 g/mol. The highest BCUT2D eigenvalue weighted by molar-refractivity contribution is 5.87. The minimum absolute atomic E-state index is 0.0227. The summed E-state index contributed by atoms with van der Waals surface area (Å²) in [5.41, 5.74) is -0.273. The van der Waals surface area contributed by atoms with Gasteiger partial charge in [0.2, 0.25) is 0 Å². The average Bonchev–Trinajstić information content (AvgIpc) is 3.48. The standard InChI is InChI=1S/C35H49NO8/c1-7-36-18-33(19-39-2)13-12-28(43-6)35-22-15-21-26(42-5)17-34(38,23(32(35)36)16-27(33)35)30(22)31(21)44-29(37)11-9-20-8-10-24(40-3)25(14-20)41-4/h8-11,14,21-23,26-28,30-32,38H,7,12-13,15-19H2,1-6H3/b11-9+/t21-,22+,23+,26-,27-,28+,30+,31+,32-,33+,34+,35-/m1/s1. The highest BCUT2D eigenvalue weighted by Crippen LogP contribution is 2.79. The second-order valence-corrected chi connectivity index (χ2v) is 14.3. The van der Waals surface area contributed by atoms with E-state index in [1.807, 2.05) is 32.4 Å². The molecule has 1 saturated heterocycles. The molecule has 1 aliphatic heterocycles. The Bertz CT molecular complexity index is 1300. The summed E-state index contributed by atoms with van der Waals surface area (Å²) >= 11 is 0. The van der Waals surface area contributed by atoms with Crippen molar-refractivity contribution in [3.63, 3.8) is 0 Å². The summed E-state index contributed by atoms with van der Waals surface area (Å²) in [4.78, 5) is 16.2. The van der Waals surface area contributed by atoms with Gasteiger partial charge in [-0.25, -0.2) is 4.79 Å². The highest BCUT2D eigenvalue weighted by atomic mass is 16.6. The van der Waals surface area contributed by atoms with Crippen LogP contribution in [0.4, 0.5) is 0 Å². The fourth-order valence-corrected chi connectivity index (χ4v) is 12.1. The second kappa shape index (κ2) is 11.0. The maximum Gasteiger partial charge on any atom is 0.331 e. The Kier molecular flexibility index (Phi) is 7.60. The van der Waals surface area contributed by atoms with Crippen LogP contribution in [-0.2, 0) is 23.7 Å². The normalized spacial score (nSPS) is 45.0. The van der Waals surface area contributed by atoms with Crippen LogP contribution in [0.2, 0.25) is 0 Å². The number of hydrogen-bond acceptors (Lipinski definition) is 9. The first kappa shape index (κ1) is 30.5. The van der Waals surface area contributed by atoms with Crippen molar-refractivity contribution in [3.05, 3.63) is 29.8 Å². The number of carbonyl (C=O) groups excluding carboxylic acids is 1. The van der Waals surface area contributed by atoms with E-state index in [4.69, 9.17) is 28.4 Å². The van der Waals surface area contributed by atoms with E-state index < -0.39 is 17.7 Å². The van der Waals surface area contributed by atoms with Crippen molar-refractivity contribution in [3.8, 4) is 11.5 Å². The van der Waals surface area contributed by atoms with Crippen LogP contribution in [0.25, 0.3) is 6.08 Å². The minimum atomic E-state index is -0.988. The van der Waals surface area contributed by atoms with E-state index in [-0.39, 0.29) is 52.8 Å². The van der Waals surface area contributed by atoms with E-state index in [0.29, 0.717) is 23.8 Å². The number of hydrogen-bond donors (Lipinski definition) is 1. The molecule has 7 bridgehead atoms. The molecule has 5 saturated carbocycles. The molecular weight excluding hydrogens is 562 g/mol. The van der Waals surface area contributed by atoms with E-state index in [1.54, 1.807) is 27.4 Å². The van der Waals surface area contributed by atoms with Gasteiger partial charge in [0.05, 0.1) is 38.6 Å². The van der Waals surface area contributed by atoms with Gasteiger partial charge >= 0.3 is 5.97 Å². The lowest BCUT2D eigenvalue weighted by molar-refractivity contribution is -0.277. The van der Waals surface area contributed by atoms with Crippen molar-refractivity contribution in [2.75, 3.05) is 55.2 Å². The molecule has 1 N–H and O–H groups in total. The molecule has 44 heavy (non-hydrogen) atoms. The second-order valence-electron chi connectivity index (χ2n) is 14.3. The Morgan fingerprint density at radius 2 is 1.86 bits per heavy atom. The molecule has 12 atom stereocenters. The van der Waals surface area contributed by atoms with Crippen molar-refractivity contribution in [2.45, 2.75) is 69.0 Å². The minimum Gasteiger partial charge on any atom is -0.493 e. The molecule has 6 aliphatic rings. The molecule has 7 rings (SSSR count). The Hall–Kier alpha value is -2.17. The molecule has 0 aromatic heterocycles. The van der Waals surface area contributed by atoms with Crippen molar-refractivity contribution in [1.82, 2.24) is 4.90 Å². The van der Waals surface area contributed by atoms with Gasteiger partial charge in [-0.15, -0.1) is 0 Å². The molecule has 0 radical (unpaired) electrons. The largest absolute Gasteiger partial charge is 0.493 e. The number of methoxy groups -OCH3 is 5. The maximum absolute atomic E-state index is 13.5. The SMILES string of the molecule is CCN1C[C@]2(COC)CC[C@H](OC)[C@@]34[C@@H]2C[C@@H]([C@@H]13)[C@@]1(O)C[C@@H](OC)[C@H]2C[C@H]4[C@H]1[C@H]2OC(=O)/C=C/c1ccc(OC)c(OC)c1. The first-order chi connectivity index (χ1) is 21.3. The summed E-state index contributed by atoms with van der Waals surface area (Å²) in [6.45, 7) is 4.92. The summed E-state index contributed by atoms with van der Waals surface area (Å²) in [6, 6.07) is 5.75. The summed E-state index contributed by atoms with van der Waals surface area (Å²) in [5.74, 6) is 1.30. The first-order valence-electron chi connectivity index (χ1n) is 16.4. The zero-order chi connectivity index (χ0) is 31.0. The first-order valence-corrected chi connectivity index (χ1v) is 16.4. The van der Waals surface area contributed by atoms with E-state index in [2.05, 4.69) is 11.8 Å². The van der Waals surface area contributed by atoms with Crippen molar-refractivity contribution < 1.29 is 38.3 Å². The molecular formula is C35H49NO8. The number of benzene rings is 1. The smallest absolute Gasteiger partial charge is 0.331 e. The zero-order valence-corrected chi connectivity index (χ0v) is 27.0. The molecule has 1 spiro atoms. The van der Waals surface area contributed by atoms with Crippen LogP contribution in [0.15, 0.2) is 24.3 Å². The third-order valence-corrected chi connectivity index (χ3v) is 13.2. The number of piperidine rings is 1. The lowest BCUT2D eigenvalue weighted by Gasteiger charge is -2.69. The van der Waals surface area contributed by atoms with Gasteiger partial charge in [-0.1, -0.05) is 13.0 Å². The highest BCUT2D eigenvalue weighted by Gasteiger charge is 2.84. The van der Waals surface area contributed by atoms with Gasteiger partial charge in [0.15, 0.2) is 11.5 Å². The van der Waals surface area contributed by atoms with E-state index in [9.17, 15) is 9.90 Å². The third kappa shape index (κ3) is 3.92. The number of esters is 1. The van der Waals surface area contributed by atoms with Gasteiger partial charge in [0, 0.05) is 75.0 Å². The molecule has 9 nitrogen and oxygen atoms in total. The number of likely N-dealkylation sites (tertiary alicyclic amines) is 1. The van der Waals surface area contributed by atoms with E-state index in [0.717, 1.165) is 50.9 Å². The number of aliphatic hydroxyl groups is 1. The van der Waals surface area contributed by atoms with Crippen molar-refractivity contribution >= 4 is 12.0 Å². The van der Waals surface area contributed by atoms with Crippen molar-refractivity contribution in [2.24, 2.45) is 40.4 Å². The van der Waals surface area contributed by atoms with Gasteiger partial charge in [0.25, 0.3) is 0 Å². The zero-order valence-electron chi connectivity index (χ0n) is 27.0. The number of rotatable bonds is 10. The van der Waals surface area contributed by atoms with Crippen LogP contribution in [0.3, 0.4) is 0 Å². The number of ether oxygens (including phenoxy) is 6. The molecule has 242 valence electrons. The van der Waals surface area contributed by atoms with E-state index >= 15 is 0 Å². The topological polar surface area (TPSA) is 95.9 Å². The van der Waals surface area contributed by atoms with E-state index in [1.165, 1.54) is 6.08 Å². The molecule has 5 aliphatic carbocycles. The molecule has 0 unspecified atom stereocenters. The molecule has 0 amide bonds. The maximum atomic E-state index is 13.5. The lowest BCUT2D eigenvalue weighted by Crippen LogP contribution is -2.76. The quantitative estimate of drug-likeness (QED) is 0.313. The Morgan fingerprint density at radius 1 is 1.07 bits per heavy atom. The van der Waals surface area contributed by atoms with Crippen LogP contribution in [-0.4, -0.2) is 101 Å². The summed E-state index contributed by atoms with van der Waals surface area (Å²) in [5, 5.41) is 13.0. The van der Waals surface area contributed by atoms with Crippen LogP contribution >= 0.6 is 0 Å².